The van der Waals surface area contributed by atoms with Gasteiger partial charge in [-0.25, -0.2) is 19.3 Å². The van der Waals surface area contributed by atoms with E-state index in [2.05, 4.69) is 25.8 Å². The lowest BCUT2D eigenvalue weighted by atomic mass is 9.98. The number of anilines is 1. The molecule has 0 saturated carbocycles. The van der Waals surface area contributed by atoms with Crippen molar-refractivity contribution in [3.05, 3.63) is 22.4 Å². The molecule has 1 aliphatic heterocycles. The van der Waals surface area contributed by atoms with E-state index in [4.69, 9.17) is 0 Å². The molecule has 102 valence electrons. The van der Waals surface area contributed by atoms with E-state index in [-0.39, 0.29) is 5.69 Å². The van der Waals surface area contributed by atoms with E-state index in [9.17, 15) is 4.79 Å². The first-order valence-electron chi connectivity index (χ1n) is 6.63. The highest BCUT2D eigenvalue weighted by molar-refractivity contribution is 5.49. The van der Waals surface area contributed by atoms with Crippen LogP contribution in [0.2, 0.25) is 0 Å². The molecule has 3 heterocycles. The Bertz CT molecular complexity index is 625. The van der Waals surface area contributed by atoms with Gasteiger partial charge in [0.05, 0.1) is 0 Å². The smallest absolute Gasteiger partial charge is 0.349 e. The number of hydrogen-bond acceptors (Lipinski definition) is 5. The van der Waals surface area contributed by atoms with Crippen molar-refractivity contribution in [1.29, 1.82) is 0 Å². The maximum Gasteiger partial charge on any atom is 0.349 e. The predicted octanol–water partition coefficient (Wildman–Crippen LogP) is 0.138. The Morgan fingerprint density at radius 3 is 3.05 bits per heavy atom. The Morgan fingerprint density at radius 1 is 1.47 bits per heavy atom. The second-order valence-electron chi connectivity index (χ2n) is 4.99. The van der Waals surface area contributed by atoms with Crippen molar-refractivity contribution < 1.29 is 0 Å². The van der Waals surface area contributed by atoms with Crippen LogP contribution in [0.4, 0.5) is 5.82 Å². The standard InChI is InChI=1S/C12H18N6O/c1-8-15-10(6-11-16-17-12(19)18(8)11)14-7-9-2-4-13-5-3-9/h6,9,13-14H,2-5,7H2,1H3,(H,17,19). The molecular weight excluding hydrogens is 244 g/mol. The zero-order chi connectivity index (χ0) is 13.2. The average molecular weight is 262 g/mol. The van der Waals surface area contributed by atoms with Gasteiger partial charge in [0, 0.05) is 12.6 Å². The Hall–Kier alpha value is -1.89. The number of H-pyrrole nitrogens is 1. The molecule has 19 heavy (non-hydrogen) atoms. The van der Waals surface area contributed by atoms with E-state index in [1.165, 1.54) is 17.2 Å². The second kappa shape index (κ2) is 5.00. The van der Waals surface area contributed by atoms with Gasteiger partial charge in [-0.05, 0) is 38.8 Å². The van der Waals surface area contributed by atoms with Gasteiger partial charge in [0.2, 0.25) is 0 Å². The molecule has 2 aromatic rings. The van der Waals surface area contributed by atoms with E-state index in [0.717, 1.165) is 25.5 Å². The fourth-order valence-corrected chi connectivity index (χ4v) is 2.52. The van der Waals surface area contributed by atoms with Crippen LogP contribution in [0.25, 0.3) is 5.65 Å². The topological polar surface area (TPSA) is 87.1 Å². The van der Waals surface area contributed by atoms with Gasteiger partial charge in [-0.3, -0.25) is 0 Å². The molecule has 1 aliphatic rings. The zero-order valence-electron chi connectivity index (χ0n) is 10.9. The monoisotopic (exact) mass is 262 g/mol. The molecule has 0 atom stereocenters. The molecule has 2 aromatic heterocycles. The van der Waals surface area contributed by atoms with Crippen molar-refractivity contribution in [3.8, 4) is 0 Å². The first-order valence-corrected chi connectivity index (χ1v) is 6.63. The summed E-state index contributed by atoms with van der Waals surface area (Å²) < 4.78 is 1.47. The van der Waals surface area contributed by atoms with Gasteiger partial charge >= 0.3 is 5.69 Å². The van der Waals surface area contributed by atoms with Crippen LogP contribution in [0.5, 0.6) is 0 Å². The molecule has 7 nitrogen and oxygen atoms in total. The van der Waals surface area contributed by atoms with Crippen molar-refractivity contribution in [1.82, 2.24) is 24.9 Å². The van der Waals surface area contributed by atoms with E-state index in [0.29, 0.717) is 17.4 Å². The summed E-state index contributed by atoms with van der Waals surface area (Å²) in [5, 5.41) is 13.1. The maximum absolute atomic E-state index is 11.5. The Morgan fingerprint density at radius 2 is 2.26 bits per heavy atom. The quantitative estimate of drug-likeness (QED) is 0.732. The molecule has 0 amide bonds. The molecule has 0 bridgehead atoms. The van der Waals surface area contributed by atoms with Crippen molar-refractivity contribution in [2.24, 2.45) is 5.92 Å². The average Bonchev–Trinajstić information content (AvgIpc) is 2.80. The van der Waals surface area contributed by atoms with Gasteiger partial charge in [-0.2, -0.15) is 5.10 Å². The molecule has 7 heteroatoms. The lowest BCUT2D eigenvalue weighted by molar-refractivity contribution is 0.389. The number of nitrogens with one attached hydrogen (secondary N) is 3. The predicted molar refractivity (Wildman–Crippen MR) is 72.4 cm³/mol. The molecule has 0 aromatic carbocycles. The van der Waals surface area contributed by atoms with Crippen LogP contribution < -0.4 is 16.3 Å². The summed E-state index contributed by atoms with van der Waals surface area (Å²) in [6.45, 7) is 4.90. The number of aromatic amines is 1. The number of aromatic nitrogens is 4. The third kappa shape index (κ3) is 2.46. The summed E-state index contributed by atoms with van der Waals surface area (Å²) in [4.78, 5) is 15.9. The highest BCUT2D eigenvalue weighted by atomic mass is 16.1. The van der Waals surface area contributed by atoms with Gasteiger partial charge in [-0.1, -0.05) is 0 Å². The Kier molecular flexibility index (Phi) is 3.20. The number of nitrogens with zero attached hydrogens (tertiary/aromatic N) is 3. The van der Waals surface area contributed by atoms with E-state index in [1.807, 2.05) is 0 Å². The largest absolute Gasteiger partial charge is 0.370 e. The minimum Gasteiger partial charge on any atom is -0.370 e. The molecule has 0 unspecified atom stereocenters. The SMILES string of the molecule is Cc1nc(NCC2CCNCC2)cc2n[nH]c(=O)n12. The molecule has 1 fully saturated rings. The molecule has 0 spiro atoms. The summed E-state index contributed by atoms with van der Waals surface area (Å²) in [7, 11) is 0. The van der Waals surface area contributed by atoms with Gasteiger partial charge in [0.25, 0.3) is 0 Å². The summed E-state index contributed by atoms with van der Waals surface area (Å²) in [5.41, 5.74) is 0.357. The minimum atomic E-state index is -0.245. The molecule has 0 radical (unpaired) electrons. The van der Waals surface area contributed by atoms with E-state index >= 15 is 0 Å². The van der Waals surface area contributed by atoms with Crippen LogP contribution in [0, 0.1) is 12.8 Å². The summed E-state index contributed by atoms with van der Waals surface area (Å²) in [6, 6.07) is 1.80. The van der Waals surface area contributed by atoms with Crippen LogP contribution in [0.3, 0.4) is 0 Å². The third-order valence-electron chi connectivity index (χ3n) is 3.60. The highest BCUT2D eigenvalue weighted by Gasteiger charge is 2.13. The number of rotatable bonds is 3. The van der Waals surface area contributed by atoms with Crippen LogP contribution >= 0.6 is 0 Å². The number of fused-ring (bicyclic) bond motifs is 1. The molecule has 3 N–H and O–H groups in total. The Labute approximate surface area is 110 Å². The van der Waals surface area contributed by atoms with Crippen LogP contribution in [0.15, 0.2) is 10.9 Å². The zero-order valence-corrected chi connectivity index (χ0v) is 10.9. The molecule has 3 rings (SSSR count). The van der Waals surface area contributed by atoms with Crippen molar-refractivity contribution >= 4 is 11.5 Å². The van der Waals surface area contributed by atoms with Crippen molar-refractivity contribution in [3.63, 3.8) is 0 Å². The summed E-state index contributed by atoms with van der Waals surface area (Å²) in [6.07, 6.45) is 2.38. The molecule has 1 saturated heterocycles. The molecular formula is C12H18N6O. The fourth-order valence-electron chi connectivity index (χ4n) is 2.52. The van der Waals surface area contributed by atoms with E-state index in [1.54, 1.807) is 13.0 Å². The Balaban J connectivity index is 1.75. The minimum absolute atomic E-state index is 0.245. The van der Waals surface area contributed by atoms with Gasteiger partial charge in [0.1, 0.15) is 11.6 Å². The van der Waals surface area contributed by atoms with E-state index < -0.39 is 0 Å². The van der Waals surface area contributed by atoms with Crippen LogP contribution in [0.1, 0.15) is 18.7 Å². The lowest BCUT2D eigenvalue weighted by Crippen LogP contribution is -2.31. The van der Waals surface area contributed by atoms with Crippen molar-refractivity contribution in [2.75, 3.05) is 25.0 Å². The first-order chi connectivity index (χ1) is 9.24. The third-order valence-corrected chi connectivity index (χ3v) is 3.60. The maximum atomic E-state index is 11.5. The fraction of sp³-hybridized carbons (Fsp3) is 0.583. The summed E-state index contributed by atoms with van der Waals surface area (Å²) in [5.74, 6) is 2.10. The number of aryl methyl sites for hydroxylation is 1. The van der Waals surface area contributed by atoms with Crippen molar-refractivity contribution in [2.45, 2.75) is 19.8 Å². The summed E-state index contributed by atoms with van der Waals surface area (Å²) >= 11 is 0. The number of hydrogen-bond donors (Lipinski definition) is 3. The van der Waals surface area contributed by atoms with Gasteiger partial charge < -0.3 is 10.6 Å². The second-order valence-corrected chi connectivity index (χ2v) is 4.99. The van der Waals surface area contributed by atoms with Gasteiger partial charge in [-0.15, -0.1) is 0 Å². The van der Waals surface area contributed by atoms with Crippen LogP contribution in [-0.2, 0) is 0 Å². The normalized spacial score (nSPS) is 16.9. The molecule has 0 aliphatic carbocycles. The van der Waals surface area contributed by atoms with Gasteiger partial charge in [0.15, 0.2) is 5.65 Å². The highest BCUT2D eigenvalue weighted by Crippen LogP contribution is 2.14. The lowest BCUT2D eigenvalue weighted by Gasteiger charge is -2.23. The number of piperidine rings is 1. The first kappa shape index (κ1) is 12.2. The van der Waals surface area contributed by atoms with Crippen LogP contribution in [-0.4, -0.2) is 39.2 Å².